The van der Waals surface area contributed by atoms with Gasteiger partial charge in [-0.1, -0.05) is 12.1 Å². The Hall–Kier alpha value is -1.79. The molecule has 5 nitrogen and oxygen atoms in total. The fraction of sp³-hybridized carbons (Fsp3) is 0.286. The van der Waals surface area contributed by atoms with Crippen LogP contribution in [0.2, 0.25) is 0 Å². The zero-order valence-electron chi connectivity index (χ0n) is 11.4. The van der Waals surface area contributed by atoms with Crippen molar-refractivity contribution in [1.29, 1.82) is 0 Å². The van der Waals surface area contributed by atoms with Crippen LogP contribution < -0.4 is 10.2 Å². The molecule has 0 bridgehead atoms. The van der Waals surface area contributed by atoms with Crippen LogP contribution in [-0.4, -0.2) is 29.5 Å². The minimum absolute atomic E-state index is 0.0666. The van der Waals surface area contributed by atoms with Crippen LogP contribution >= 0.6 is 0 Å². The van der Waals surface area contributed by atoms with Gasteiger partial charge in [0.2, 0.25) is 5.91 Å². The number of allylic oxidation sites excluding steroid dienone is 1. The molecule has 6 heteroatoms. The van der Waals surface area contributed by atoms with Gasteiger partial charge in [-0.05, 0) is 29.4 Å². The summed E-state index contributed by atoms with van der Waals surface area (Å²) in [5.74, 6) is 0.535. The standard InChI is InChI=1S/C14H16N2O3S/c1-19-14-10(4-3-5-12(14)20(2)18)6-7-11-8-9-13(17)16-15-11/h3-7H,8-9H2,1-2H3,(H,16,17). The molecule has 1 aliphatic heterocycles. The molecule has 20 heavy (non-hydrogen) atoms. The third kappa shape index (κ3) is 3.40. The molecule has 1 unspecified atom stereocenters. The lowest BCUT2D eigenvalue weighted by molar-refractivity contribution is -0.121. The number of hydrazone groups is 1. The van der Waals surface area contributed by atoms with E-state index in [1.807, 2.05) is 24.3 Å². The number of rotatable bonds is 4. The second-order valence-electron chi connectivity index (χ2n) is 4.30. The van der Waals surface area contributed by atoms with Gasteiger partial charge in [0.15, 0.2) is 10.6 Å². The molecular formula is C14H16N2O3S. The average Bonchev–Trinajstić information content (AvgIpc) is 2.46. The number of carbonyl (C=O) groups is 1. The van der Waals surface area contributed by atoms with Gasteiger partial charge in [0.25, 0.3) is 0 Å². The number of hydrogen-bond acceptors (Lipinski definition) is 4. The van der Waals surface area contributed by atoms with Gasteiger partial charge in [0, 0.05) is 18.4 Å². The van der Waals surface area contributed by atoms with Crippen LogP contribution in [-0.2, 0) is 16.0 Å². The number of methoxy groups -OCH3 is 1. The highest BCUT2D eigenvalue weighted by molar-refractivity contribution is 7.90. The van der Waals surface area contributed by atoms with E-state index < -0.39 is 11.2 Å². The molecule has 0 aliphatic carbocycles. The molecule has 1 aliphatic rings. The van der Waals surface area contributed by atoms with Gasteiger partial charge in [0.05, 0.1) is 12.8 Å². The van der Waals surface area contributed by atoms with E-state index in [9.17, 15) is 9.35 Å². The van der Waals surface area contributed by atoms with Gasteiger partial charge in [-0.2, -0.15) is 5.10 Å². The first-order chi connectivity index (χ1) is 9.61. The van der Waals surface area contributed by atoms with Crippen LogP contribution in [0.25, 0.3) is 6.08 Å². The molecule has 1 heterocycles. The Bertz CT molecular complexity index is 568. The summed E-state index contributed by atoms with van der Waals surface area (Å²) >= 11 is -1.11. The highest BCUT2D eigenvalue weighted by Gasteiger charge is 2.15. The quantitative estimate of drug-likeness (QED) is 0.859. The number of para-hydroxylation sites is 1. The van der Waals surface area contributed by atoms with E-state index in [0.29, 0.717) is 23.5 Å². The minimum atomic E-state index is -1.11. The van der Waals surface area contributed by atoms with Gasteiger partial charge in [-0.25, -0.2) is 5.43 Å². The molecular weight excluding hydrogens is 276 g/mol. The van der Waals surface area contributed by atoms with E-state index in [4.69, 9.17) is 4.74 Å². The first-order valence-electron chi connectivity index (χ1n) is 6.15. The Morgan fingerprint density at radius 1 is 1.40 bits per heavy atom. The maximum Gasteiger partial charge on any atom is 0.240 e. The molecule has 0 saturated heterocycles. The molecule has 0 saturated carbocycles. The normalized spacial score (nSPS) is 16.8. The first kappa shape index (κ1) is 14.6. The number of hydrogen-bond donors (Lipinski definition) is 1. The molecule has 1 aromatic carbocycles. The molecule has 1 N–H and O–H groups in total. The smallest absolute Gasteiger partial charge is 0.240 e. The Morgan fingerprint density at radius 3 is 2.80 bits per heavy atom. The number of benzene rings is 1. The summed E-state index contributed by atoms with van der Waals surface area (Å²) in [5.41, 5.74) is 4.08. The molecule has 0 spiro atoms. The predicted molar refractivity (Wildman–Crippen MR) is 79.2 cm³/mol. The van der Waals surface area contributed by atoms with Crippen molar-refractivity contribution in [2.75, 3.05) is 13.4 Å². The lowest BCUT2D eigenvalue weighted by Crippen LogP contribution is -2.24. The Morgan fingerprint density at radius 2 is 2.20 bits per heavy atom. The second kappa shape index (κ2) is 6.58. The van der Waals surface area contributed by atoms with E-state index in [-0.39, 0.29) is 5.91 Å². The molecule has 0 radical (unpaired) electrons. The van der Waals surface area contributed by atoms with Crippen molar-refractivity contribution in [3.8, 4) is 5.75 Å². The number of nitrogens with zero attached hydrogens (tertiary/aromatic N) is 1. The maximum absolute atomic E-state index is 11.7. The van der Waals surface area contributed by atoms with Crippen molar-refractivity contribution >= 4 is 28.9 Å². The number of ether oxygens (including phenoxy) is 1. The van der Waals surface area contributed by atoms with Gasteiger partial charge in [-0.15, -0.1) is 0 Å². The zero-order valence-corrected chi connectivity index (χ0v) is 12.2. The molecule has 106 valence electrons. The number of nitrogens with one attached hydrogen (secondary N) is 1. The lowest BCUT2D eigenvalue weighted by atomic mass is 10.1. The van der Waals surface area contributed by atoms with Crippen LogP contribution in [0.1, 0.15) is 18.4 Å². The van der Waals surface area contributed by atoms with Crippen LogP contribution in [0.5, 0.6) is 5.75 Å². The van der Waals surface area contributed by atoms with Crippen LogP contribution in [0.4, 0.5) is 0 Å². The summed E-state index contributed by atoms with van der Waals surface area (Å²) in [7, 11) is 1.56. The highest BCUT2D eigenvalue weighted by atomic mass is 32.2. The molecule has 0 aromatic heterocycles. The fourth-order valence-electron chi connectivity index (χ4n) is 1.90. The predicted octanol–water partition coefficient (Wildman–Crippen LogP) is 1.71. The Balaban J connectivity index is 2.25. The Labute approximate surface area is 120 Å². The number of amides is 1. The average molecular weight is 292 g/mol. The zero-order chi connectivity index (χ0) is 14.5. The number of carbonyl (C=O) groups excluding carboxylic acids is 1. The lowest BCUT2D eigenvalue weighted by Gasteiger charge is -2.12. The molecule has 0 fully saturated rings. The third-order valence-electron chi connectivity index (χ3n) is 2.91. The fourth-order valence-corrected chi connectivity index (χ4v) is 2.64. The van der Waals surface area contributed by atoms with Gasteiger partial charge in [0.1, 0.15) is 6.26 Å². The van der Waals surface area contributed by atoms with Crippen LogP contribution in [0.3, 0.4) is 0 Å². The molecule has 1 atom stereocenters. The van der Waals surface area contributed by atoms with E-state index in [2.05, 4.69) is 10.5 Å². The van der Waals surface area contributed by atoms with Crippen molar-refractivity contribution < 1.29 is 14.1 Å². The summed E-state index contributed by atoms with van der Waals surface area (Å²) in [4.78, 5) is 11.7. The molecule has 1 aromatic rings. The largest absolute Gasteiger partial charge is 0.612 e. The molecule has 1 amide bonds. The van der Waals surface area contributed by atoms with Gasteiger partial charge in [-0.3, -0.25) is 4.79 Å². The SMILES string of the molecule is COc1c(C=CC2=NNC(=O)CC2)cccc1[S+](C)[O-]. The minimum Gasteiger partial charge on any atom is -0.612 e. The topological polar surface area (TPSA) is 73.8 Å². The van der Waals surface area contributed by atoms with Gasteiger partial charge >= 0.3 is 0 Å². The monoisotopic (exact) mass is 292 g/mol. The van der Waals surface area contributed by atoms with E-state index in [0.717, 1.165) is 11.3 Å². The summed E-state index contributed by atoms with van der Waals surface area (Å²) in [6, 6.07) is 5.50. The molecule has 2 rings (SSSR count). The van der Waals surface area contributed by atoms with Crippen molar-refractivity contribution in [2.45, 2.75) is 17.7 Å². The first-order valence-corrected chi connectivity index (χ1v) is 7.71. The van der Waals surface area contributed by atoms with Crippen molar-refractivity contribution in [1.82, 2.24) is 5.43 Å². The second-order valence-corrected chi connectivity index (χ2v) is 5.65. The van der Waals surface area contributed by atoms with Crippen LogP contribution in [0, 0.1) is 0 Å². The summed E-state index contributed by atoms with van der Waals surface area (Å²) in [6.07, 6.45) is 6.36. The summed E-state index contributed by atoms with van der Waals surface area (Å²) in [6.45, 7) is 0. The van der Waals surface area contributed by atoms with E-state index >= 15 is 0 Å². The van der Waals surface area contributed by atoms with Gasteiger partial charge < -0.3 is 9.29 Å². The Kier molecular flexibility index (Phi) is 4.81. The van der Waals surface area contributed by atoms with E-state index in [1.54, 1.807) is 19.4 Å². The van der Waals surface area contributed by atoms with Crippen molar-refractivity contribution in [3.63, 3.8) is 0 Å². The summed E-state index contributed by atoms with van der Waals surface area (Å²) < 4.78 is 17.0. The third-order valence-corrected chi connectivity index (χ3v) is 3.85. The van der Waals surface area contributed by atoms with Crippen molar-refractivity contribution in [2.24, 2.45) is 5.10 Å². The van der Waals surface area contributed by atoms with Crippen molar-refractivity contribution in [3.05, 3.63) is 29.8 Å². The van der Waals surface area contributed by atoms with E-state index in [1.165, 1.54) is 0 Å². The maximum atomic E-state index is 11.7. The highest BCUT2D eigenvalue weighted by Crippen LogP contribution is 2.28. The summed E-state index contributed by atoms with van der Waals surface area (Å²) in [5, 5.41) is 3.97. The van der Waals surface area contributed by atoms with Crippen LogP contribution in [0.15, 0.2) is 34.3 Å².